The third-order valence-corrected chi connectivity index (χ3v) is 4.14. The van der Waals surface area contributed by atoms with Crippen molar-refractivity contribution in [2.24, 2.45) is 0 Å². The van der Waals surface area contributed by atoms with Crippen LogP contribution in [0.2, 0.25) is 0 Å². The Morgan fingerprint density at radius 2 is 2.10 bits per heavy atom. The molecular formula is C15H12FIN2O. The fourth-order valence-electron chi connectivity index (χ4n) is 2.25. The second-order valence-electron chi connectivity index (χ2n) is 4.63. The summed E-state index contributed by atoms with van der Waals surface area (Å²) < 4.78 is 13.6. The number of carbonyl (C=O) groups excluding carboxylic acids is 1. The molecule has 0 spiro atoms. The maximum atomic E-state index is 13.0. The molecule has 0 bridgehead atoms. The average molecular weight is 382 g/mol. The van der Waals surface area contributed by atoms with Gasteiger partial charge in [-0.15, -0.1) is 0 Å². The molecule has 0 saturated heterocycles. The first-order chi connectivity index (χ1) is 9.63. The van der Waals surface area contributed by atoms with Crippen molar-refractivity contribution in [3.05, 3.63) is 56.9 Å². The van der Waals surface area contributed by atoms with E-state index in [2.05, 4.69) is 10.6 Å². The number of hydrogen-bond donors (Lipinski definition) is 2. The van der Waals surface area contributed by atoms with E-state index in [1.807, 2.05) is 40.8 Å². The molecule has 3 rings (SSSR count). The Labute approximate surface area is 129 Å². The molecule has 2 N–H and O–H groups in total. The number of anilines is 2. The van der Waals surface area contributed by atoms with Crippen LogP contribution < -0.4 is 10.6 Å². The Morgan fingerprint density at radius 3 is 2.90 bits per heavy atom. The van der Waals surface area contributed by atoms with Crippen molar-refractivity contribution < 1.29 is 9.18 Å². The SMILES string of the molecule is O=C(Nc1ccc2c(c1)CCN2)c1ccc(F)cc1I. The van der Waals surface area contributed by atoms with Crippen LogP contribution >= 0.6 is 22.6 Å². The van der Waals surface area contributed by atoms with Crippen LogP contribution in [0.3, 0.4) is 0 Å². The van der Waals surface area contributed by atoms with Gasteiger partial charge in [0.1, 0.15) is 5.82 Å². The monoisotopic (exact) mass is 382 g/mol. The van der Waals surface area contributed by atoms with Gasteiger partial charge >= 0.3 is 0 Å². The normalized spacial score (nSPS) is 12.7. The van der Waals surface area contributed by atoms with Crippen LogP contribution in [0.5, 0.6) is 0 Å². The summed E-state index contributed by atoms with van der Waals surface area (Å²) in [6, 6.07) is 9.95. The van der Waals surface area contributed by atoms with Crippen molar-refractivity contribution in [2.75, 3.05) is 17.2 Å². The van der Waals surface area contributed by atoms with E-state index in [1.165, 1.54) is 23.8 Å². The van der Waals surface area contributed by atoms with Crippen LogP contribution in [0.4, 0.5) is 15.8 Å². The molecular weight excluding hydrogens is 370 g/mol. The zero-order valence-corrected chi connectivity index (χ0v) is 12.7. The van der Waals surface area contributed by atoms with Gasteiger partial charge in [-0.25, -0.2) is 4.39 Å². The maximum absolute atomic E-state index is 13.0. The Hall–Kier alpha value is -1.63. The number of hydrogen-bond acceptors (Lipinski definition) is 2. The van der Waals surface area contributed by atoms with E-state index in [9.17, 15) is 9.18 Å². The Kier molecular flexibility index (Phi) is 3.60. The van der Waals surface area contributed by atoms with Gasteiger partial charge in [0.2, 0.25) is 0 Å². The summed E-state index contributed by atoms with van der Waals surface area (Å²) in [7, 11) is 0. The lowest BCUT2D eigenvalue weighted by Crippen LogP contribution is -2.13. The minimum atomic E-state index is -0.338. The van der Waals surface area contributed by atoms with Crippen molar-refractivity contribution in [3.63, 3.8) is 0 Å². The summed E-state index contributed by atoms with van der Waals surface area (Å²) in [5.74, 6) is -0.560. The van der Waals surface area contributed by atoms with E-state index in [4.69, 9.17) is 0 Å². The molecule has 0 unspecified atom stereocenters. The van der Waals surface area contributed by atoms with E-state index in [0.29, 0.717) is 9.13 Å². The molecule has 3 nitrogen and oxygen atoms in total. The first-order valence-corrected chi connectivity index (χ1v) is 7.34. The van der Waals surface area contributed by atoms with Crippen molar-refractivity contribution in [1.82, 2.24) is 0 Å². The van der Waals surface area contributed by atoms with Gasteiger partial charge in [-0.05, 0) is 71.0 Å². The second-order valence-corrected chi connectivity index (χ2v) is 5.79. The van der Waals surface area contributed by atoms with Crippen molar-refractivity contribution in [1.29, 1.82) is 0 Å². The van der Waals surface area contributed by atoms with Gasteiger partial charge in [-0.1, -0.05) is 0 Å². The summed E-state index contributed by atoms with van der Waals surface area (Å²) >= 11 is 1.96. The highest BCUT2D eigenvalue weighted by Gasteiger charge is 2.13. The molecule has 1 aliphatic rings. The van der Waals surface area contributed by atoms with Gasteiger partial charge in [0.25, 0.3) is 5.91 Å². The van der Waals surface area contributed by atoms with Crippen LogP contribution in [-0.2, 0) is 6.42 Å². The summed E-state index contributed by atoms with van der Waals surface area (Å²) in [6.07, 6.45) is 0.965. The van der Waals surface area contributed by atoms with Crippen LogP contribution in [-0.4, -0.2) is 12.5 Å². The molecule has 0 aliphatic carbocycles. The molecule has 5 heteroatoms. The van der Waals surface area contributed by atoms with Crippen LogP contribution in [0.15, 0.2) is 36.4 Å². The highest BCUT2D eigenvalue weighted by Crippen LogP contribution is 2.25. The van der Waals surface area contributed by atoms with Crippen LogP contribution in [0.1, 0.15) is 15.9 Å². The molecule has 2 aromatic rings. The van der Waals surface area contributed by atoms with Crippen molar-refractivity contribution in [3.8, 4) is 0 Å². The van der Waals surface area contributed by atoms with Gasteiger partial charge in [-0.2, -0.15) is 0 Å². The number of carbonyl (C=O) groups is 1. The minimum absolute atomic E-state index is 0.222. The highest BCUT2D eigenvalue weighted by molar-refractivity contribution is 14.1. The number of benzene rings is 2. The number of nitrogens with one attached hydrogen (secondary N) is 2. The predicted molar refractivity (Wildman–Crippen MR) is 85.7 cm³/mol. The van der Waals surface area contributed by atoms with Crippen LogP contribution in [0, 0.1) is 9.39 Å². The summed E-state index contributed by atoms with van der Waals surface area (Å²) in [4.78, 5) is 12.2. The molecule has 0 aromatic heterocycles. The zero-order chi connectivity index (χ0) is 14.1. The topological polar surface area (TPSA) is 41.1 Å². The molecule has 0 fully saturated rings. The molecule has 1 heterocycles. The first kappa shape index (κ1) is 13.4. The number of amides is 1. The van der Waals surface area contributed by atoms with Gasteiger partial charge < -0.3 is 10.6 Å². The van der Waals surface area contributed by atoms with Crippen molar-refractivity contribution in [2.45, 2.75) is 6.42 Å². The minimum Gasteiger partial charge on any atom is -0.384 e. The van der Waals surface area contributed by atoms with Crippen molar-refractivity contribution >= 4 is 39.9 Å². The standard InChI is InChI=1S/C15H12FIN2O/c16-10-1-3-12(13(17)8-10)15(20)19-11-2-4-14-9(7-11)5-6-18-14/h1-4,7-8,18H,5-6H2,(H,19,20). The summed E-state index contributed by atoms with van der Waals surface area (Å²) in [5.41, 5.74) is 3.57. The lowest BCUT2D eigenvalue weighted by molar-refractivity contribution is 0.102. The quantitative estimate of drug-likeness (QED) is 0.779. The Morgan fingerprint density at radius 1 is 1.25 bits per heavy atom. The molecule has 1 amide bonds. The molecule has 0 atom stereocenters. The molecule has 0 saturated carbocycles. The highest BCUT2D eigenvalue weighted by atomic mass is 127. The van der Waals surface area contributed by atoms with E-state index < -0.39 is 0 Å². The number of fused-ring (bicyclic) bond motifs is 1. The molecule has 20 heavy (non-hydrogen) atoms. The smallest absolute Gasteiger partial charge is 0.256 e. The van der Waals surface area contributed by atoms with Gasteiger partial charge in [-0.3, -0.25) is 4.79 Å². The largest absolute Gasteiger partial charge is 0.384 e. The Balaban J connectivity index is 1.82. The summed E-state index contributed by atoms with van der Waals surface area (Å²) in [6.45, 7) is 0.933. The second kappa shape index (κ2) is 5.40. The van der Waals surface area contributed by atoms with E-state index in [0.717, 1.165) is 24.3 Å². The summed E-state index contributed by atoms with van der Waals surface area (Å²) in [5, 5.41) is 6.13. The molecule has 2 aromatic carbocycles. The molecule has 0 radical (unpaired) electrons. The lowest BCUT2D eigenvalue weighted by Gasteiger charge is -2.08. The van der Waals surface area contributed by atoms with Gasteiger partial charge in [0, 0.05) is 21.5 Å². The number of halogens is 2. The third-order valence-electron chi connectivity index (χ3n) is 3.25. The zero-order valence-electron chi connectivity index (χ0n) is 10.5. The fraction of sp³-hybridized carbons (Fsp3) is 0.133. The average Bonchev–Trinajstić information content (AvgIpc) is 2.85. The van der Waals surface area contributed by atoms with Crippen LogP contribution in [0.25, 0.3) is 0 Å². The fourth-order valence-corrected chi connectivity index (χ4v) is 2.98. The van der Waals surface area contributed by atoms with E-state index in [1.54, 1.807) is 0 Å². The molecule has 1 aliphatic heterocycles. The van der Waals surface area contributed by atoms with Gasteiger partial charge in [0.15, 0.2) is 0 Å². The lowest BCUT2D eigenvalue weighted by atomic mass is 10.1. The number of rotatable bonds is 2. The van der Waals surface area contributed by atoms with Gasteiger partial charge in [0.05, 0.1) is 5.56 Å². The van der Waals surface area contributed by atoms with E-state index in [-0.39, 0.29) is 11.7 Å². The predicted octanol–water partition coefficient (Wildman–Crippen LogP) is 3.65. The molecule has 102 valence electrons. The first-order valence-electron chi connectivity index (χ1n) is 6.27. The van der Waals surface area contributed by atoms with E-state index >= 15 is 0 Å². The third kappa shape index (κ3) is 2.63. The maximum Gasteiger partial charge on any atom is 0.256 e. The Bertz CT molecular complexity index is 688.